The van der Waals surface area contributed by atoms with Gasteiger partial charge in [0.25, 0.3) is 0 Å². The lowest BCUT2D eigenvalue weighted by atomic mass is 10.2. The fraction of sp³-hybridized carbons (Fsp3) is 0.571. The first kappa shape index (κ1) is 16.2. The highest BCUT2D eigenvalue weighted by Gasteiger charge is 2.11. The summed E-state index contributed by atoms with van der Waals surface area (Å²) in [4.78, 5) is 17.3. The summed E-state index contributed by atoms with van der Waals surface area (Å²) in [5.74, 6) is -0.589. The molecule has 1 aromatic heterocycles. The number of nitrogens with zero attached hydrogens (tertiary/aromatic N) is 2. The standard InChI is InChI=1S/C14H24N4O2/c1-10(2)18(3)9-5-4-7-16-13-12(15)11(14(19)20)6-8-17-13/h6,8,10H,4-5,7,9,15H2,1-3H3,(H,16,17)(H,19,20). The van der Waals surface area contributed by atoms with Crippen molar-refractivity contribution >= 4 is 17.5 Å². The van der Waals surface area contributed by atoms with Crippen LogP contribution < -0.4 is 11.1 Å². The first-order chi connectivity index (χ1) is 9.43. The Morgan fingerprint density at radius 3 is 2.80 bits per heavy atom. The molecule has 0 aromatic carbocycles. The highest BCUT2D eigenvalue weighted by molar-refractivity contribution is 5.96. The summed E-state index contributed by atoms with van der Waals surface area (Å²) in [6.07, 6.45) is 3.50. The predicted molar refractivity (Wildman–Crippen MR) is 81.1 cm³/mol. The molecule has 1 rings (SSSR count). The summed E-state index contributed by atoms with van der Waals surface area (Å²) < 4.78 is 0. The molecule has 0 aliphatic rings. The number of aromatic carboxylic acids is 1. The van der Waals surface area contributed by atoms with Gasteiger partial charge in [-0.3, -0.25) is 0 Å². The molecule has 0 spiro atoms. The summed E-state index contributed by atoms with van der Waals surface area (Å²) in [7, 11) is 2.11. The van der Waals surface area contributed by atoms with Crippen LogP contribution in [0.3, 0.4) is 0 Å². The molecule has 4 N–H and O–H groups in total. The lowest BCUT2D eigenvalue weighted by Crippen LogP contribution is -2.27. The minimum Gasteiger partial charge on any atom is -0.478 e. The number of nitrogens with two attached hydrogens (primary N) is 1. The van der Waals surface area contributed by atoms with E-state index >= 15 is 0 Å². The molecule has 0 fully saturated rings. The Morgan fingerprint density at radius 1 is 1.50 bits per heavy atom. The molecule has 0 radical (unpaired) electrons. The fourth-order valence-corrected chi connectivity index (χ4v) is 1.75. The zero-order valence-electron chi connectivity index (χ0n) is 12.4. The topological polar surface area (TPSA) is 91.5 Å². The van der Waals surface area contributed by atoms with Gasteiger partial charge in [-0.1, -0.05) is 0 Å². The van der Waals surface area contributed by atoms with Gasteiger partial charge in [-0.05, 0) is 46.3 Å². The van der Waals surface area contributed by atoms with Crippen LogP contribution in [0.5, 0.6) is 0 Å². The van der Waals surface area contributed by atoms with Crippen molar-refractivity contribution in [3.63, 3.8) is 0 Å². The first-order valence-corrected chi connectivity index (χ1v) is 6.85. The molecule has 0 aliphatic carbocycles. The highest BCUT2D eigenvalue weighted by Crippen LogP contribution is 2.19. The number of rotatable bonds is 8. The summed E-state index contributed by atoms with van der Waals surface area (Å²) in [6.45, 7) is 6.10. The maximum atomic E-state index is 10.9. The van der Waals surface area contributed by atoms with Gasteiger partial charge in [-0.15, -0.1) is 0 Å². The third-order valence-corrected chi connectivity index (χ3v) is 3.33. The lowest BCUT2D eigenvalue weighted by molar-refractivity contribution is 0.0698. The van der Waals surface area contributed by atoms with E-state index in [0.29, 0.717) is 11.9 Å². The minimum atomic E-state index is -1.04. The zero-order chi connectivity index (χ0) is 15.1. The van der Waals surface area contributed by atoms with Crippen LogP contribution in [0.25, 0.3) is 0 Å². The quantitative estimate of drug-likeness (QED) is 0.630. The summed E-state index contributed by atoms with van der Waals surface area (Å²) in [5.41, 5.74) is 6.05. The molecule has 0 aliphatic heterocycles. The van der Waals surface area contributed by atoms with Crippen molar-refractivity contribution in [3.8, 4) is 0 Å². The van der Waals surface area contributed by atoms with E-state index < -0.39 is 5.97 Å². The fourth-order valence-electron chi connectivity index (χ4n) is 1.75. The number of pyridine rings is 1. The molecule has 1 aromatic rings. The average molecular weight is 280 g/mol. The van der Waals surface area contributed by atoms with E-state index in [9.17, 15) is 4.79 Å². The van der Waals surface area contributed by atoms with Gasteiger partial charge in [0.1, 0.15) is 5.82 Å². The largest absolute Gasteiger partial charge is 0.478 e. The van der Waals surface area contributed by atoms with E-state index in [4.69, 9.17) is 10.8 Å². The molecule has 20 heavy (non-hydrogen) atoms. The van der Waals surface area contributed by atoms with E-state index in [0.717, 1.165) is 25.9 Å². The second kappa shape index (κ2) is 7.69. The molecular weight excluding hydrogens is 256 g/mol. The number of nitrogen functional groups attached to an aromatic ring is 1. The molecule has 0 amide bonds. The molecule has 112 valence electrons. The Bertz CT molecular complexity index is 449. The Hall–Kier alpha value is -1.82. The van der Waals surface area contributed by atoms with Gasteiger partial charge in [0.2, 0.25) is 0 Å². The molecule has 0 saturated carbocycles. The molecule has 0 unspecified atom stereocenters. The van der Waals surface area contributed by atoms with Gasteiger partial charge in [0.05, 0.1) is 11.3 Å². The molecule has 0 saturated heterocycles. The lowest BCUT2D eigenvalue weighted by Gasteiger charge is -2.20. The van der Waals surface area contributed by atoms with Crippen molar-refractivity contribution < 1.29 is 9.90 Å². The van der Waals surface area contributed by atoms with Crippen LogP contribution in [-0.2, 0) is 0 Å². The van der Waals surface area contributed by atoms with E-state index in [-0.39, 0.29) is 11.3 Å². The van der Waals surface area contributed by atoms with Crippen molar-refractivity contribution in [2.24, 2.45) is 0 Å². The van der Waals surface area contributed by atoms with Crippen molar-refractivity contribution in [3.05, 3.63) is 17.8 Å². The number of carboxylic acids is 1. The van der Waals surface area contributed by atoms with Gasteiger partial charge in [-0.2, -0.15) is 0 Å². The summed E-state index contributed by atoms with van der Waals surface area (Å²) >= 11 is 0. The summed E-state index contributed by atoms with van der Waals surface area (Å²) in [6, 6.07) is 1.95. The Labute approximate surface area is 120 Å². The van der Waals surface area contributed by atoms with E-state index in [1.807, 2.05) is 0 Å². The van der Waals surface area contributed by atoms with Crippen LogP contribution in [-0.4, -0.2) is 47.1 Å². The Balaban J connectivity index is 2.40. The maximum Gasteiger partial charge on any atom is 0.337 e. The Morgan fingerprint density at radius 2 is 2.20 bits per heavy atom. The minimum absolute atomic E-state index is 0.0852. The number of hydrogen-bond donors (Lipinski definition) is 3. The maximum absolute atomic E-state index is 10.9. The van der Waals surface area contributed by atoms with Crippen LogP contribution in [0.1, 0.15) is 37.0 Å². The number of hydrogen-bond acceptors (Lipinski definition) is 5. The third kappa shape index (κ3) is 4.70. The first-order valence-electron chi connectivity index (χ1n) is 6.85. The van der Waals surface area contributed by atoms with Crippen LogP contribution in [0, 0.1) is 0 Å². The Kier molecular flexibility index (Phi) is 6.24. The molecule has 6 heteroatoms. The number of carboxylic acid groups (broad SMARTS) is 1. The van der Waals surface area contributed by atoms with E-state index in [1.54, 1.807) is 0 Å². The highest BCUT2D eigenvalue weighted by atomic mass is 16.4. The molecule has 1 heterocycles. The van der Waals surface area contributed by atoms with Gasteiger partial charge in [-0.25, -0.2) is 9.78 Å². The van der Waals surface area contributed by atoms with Crippen molar-refractivity contribution in [1.82, 2.24) is 9.88 Å². The average Bonchev–Trinajstić information content (AvgIpc) is 2.39. The smallest absolute Gasteiger partial charge is 0.337 e. The predicted octanol–water partition coefficient (Wildman–Crippen LogP) is 1.89. The van der Waals surface area contributed by atoms with Crippen molar-refractivity contribution in [2.75, 3.05) is 31.2 Å². The van der Waals surface area contributed by atoms with Crippen LogP contribution in [0.15, 0.2) is 12.3 Å². The van der Waals surface area contributed by atoms with Gasteiger partial charge in [0.15, 0.2) is 0 Å². The number of nitrogens with one attached hydrogen (secondary N) is 1. The van der Waals surface area contributed by atoms with Crippen molar-refractivity contribution in [2.45, 2.75) is 32.7 Å². The normalized spacial score (nSPS) is 11.1. The monoisotopic (exact) mass is 280 g/mol. The van der Waals surface area contributed by atoms with E-state index in [1.165, 1.54) is 12.3 Å². The van der Waals surface area contributed by atoms with Gasteiger partial charge in [0, 0.05) is 18.8 Å². The zero-order valence-corrected chi connectivity index (χ0v) is 12.4. The van der Waals surface area contributed by atoms with Crippen LogP contribution >= 0.6 is 0 Å². The van der Waals surface area contributed by atoms with Gasteiger partial charge < -0.3 is 21.1 Å². The third-order valence-electron chi connectivity index (χ3n) is 3.33. The van der Waals surface area contributed by atoms with Crippen molar-refractivity contribution in [1.29, 1.82) is 0 Å². The number of aromatic nitrogens is 1. The second-order valence-electron chi connectivity index (χ2n) is 5.13. The summed E-state index contributed by atoms with van der Waals surface area (Å²) in [5, 5.41) is 12.1. The number of anilines is 2. The molecular formula is C14H24N4O2. The van der Waals surface area contributed by atoms with E-state index in [2.05, 4.69) is 36.1 Å². The van der Waals surface area contributed by atoms with Crippen LogP contribution in [0.2, 0.25) is 0 Å². The SMILES string of the molecule is CC(C)N(C)CCCCNc1nccc(C(=O)O)c1N. The molecule has 0 atom stereocenters. The van der Waals surface area contributed by atoms with Gasteiger partial charge >= 0.3 is 5.97 Å². The number of carbonyl (C=O) groups is 1. The second-order valence-corrected chi connectivity index (χ2v) is 5.13. The number of unbranched alkanes of at least 4 members (excludes halogenated alkanes) is 1. The molecule has 0 bridgehead atoms. The van der Waals surface area contributed by atoms with Crippen LogP contribution in [0.4, 0.5) is 11.5 Å². The molecule has 6 nitrogen and oxygen atoms in total.